The van der Waals surface area contributed by atoms with Gasteiger partial charge in [-0.2, -0.15) is 0 Å². The summed E-state index contributed by atoms with van der Waals surface area (Å²) in [7, 11) is 1.06. The monoisotopic (exact) mass is 190 g/mol. The van der Waals surface area contributed by atoms with E-state index in [0.29, 0.717) is 4.90 Å². The number of carbonyl (C=O) groups excluding carboxylic acids is 1. The van der Waals surface area contributed by atoms with E-state index in [1.54, 1.807) is 0 Å². The molecule has 4 N–H and O–H groups in total. The Morgan fingerprint density at radius 1 is 1.38 bits per heavy atom. The lowest BCUT2D eigenvalue weighted by Crippen LogP contribution is -2.44. The summed E-state index contributed by atoms with van der Waals surface area (Å²) in [4.78, 5) is 31.7. The van der Waals surface area contributed by atoms with Crippen LogP contribution in [0.15, 0.2) is 0 Å². The van der Waals surface area contributed by atoms with E-state index in [1.165, 1.54) is 0 Å². The maximum absolute atomic E-state index is 10.5. The average Bonchev–Trinajstić information content (AvgIpc) is 1.97. The molecule has 0 bridgehead atoms. The minimum atomic E-state index is -1.42. The van der Waals surface area contributed by atoms with E-state index >= 15 is 0 Å². The molecule has 7 heteroatoms. The maximum Gasteiger partial charge on any atom is 0.407 e. The third-order valence-corrected chi connectivity index (χ3v) is 1.45. The lowest BCUT2D eigenvalue weighted by Gasteiger charge is -2.20. The molecule has 0 radical (unpaired) electrons. The second kappa shape index (κ2) is 4.29. The van der Waals surface area contributed by atoms with Gasteiger partial charge in [-0.15, -0.1) is 0 Å². The van der Waals surface area contributed by atoms with Crippen molar-refractivity contribution in [2.75, 3.05) is 7.05 Å². The van der Waals surface area contributed by atoms with Crippen molar-refractivity contribution in [2.24, 2.45) is 5.73 Å². The molecule has 0 aliphatic rings. The Morgan fingerprint density at radius 3 is 2.08 bits per heavy atom. The summed E-state index contributed by atoms with van der Waals surface area (Å²) >= 11 is 0. The third kappa shape index (κ3) is 3.41. The molecule has 1 atom stereocenters. The van der Waals surface area contributed by atoms with Crippen LogP contribution in [0.3, 0.4) is 0 Å². The number of carbonyl (C=O) groups is 3. The van der Waals surface area contributed by atoms with Crippen molar-refractivity contribution in [1.82, 2.24) is 4.90 Å². The van der Waals surface area contributed by atoms with Crippen LogP contribution in [0.2, 0.25) is 0 Å². The second-order valence-electron chi connectivity index (χ2n) is 2.42. The quantitative estimate of drug-likeness (QED) is 0.520. The normalized spacial score (nSPS) is 11.8. The highest BCUT2D eigenvalue weighted by Crippen LogP contribution is 2.02. The van der Waals surface area contributed by atoms with Gasteiger partial charge in [0.25, 0.3) is 0 Å². The van der Waals surface area contributed by atoms with Gasteiger partial charge in [-0.3, -0.25) is 9.69 Å². The molecule has 0 saturated carbocycles. The molecule has 0 aromatic rings. The van der Waals surface area contributed by atoms with E-state index in [9.17, 15) is 14.4 Å². The Kier molecular flexibility index (Phi) is 3.70. The van der Waals surface area contributed by atoms with Crippen LogP contribution in [0.25, 0.3) is 0 Å². The molecule has 0 aliphatic heterocycles. The Morgan fingerprint density at radius 2 is 1.85 bits per heavy atom. The van der Waals surface area contributed by atoms with Gasteiger partial charge in [0.1, 0.15) is 6.04 Å². The summed E-state index contributed by atoms with van der Waals surface area (Å²) in [5, 5.41) is 17.0. The van der Waals surface area contributed by atoms with Gasteiger partial charge in [0.15, 0.2) is 0 Å². The zero-order valence-corrected chi connectivity index (χ0v) is 6.93. The van der Waals surface area contributed by atoms with Crippen molar-refractivity contribution in [3.05, 3.63) is 0 Å². The first-order valence-electron chi connectivity index (χ1n) is 3.33. The Balaban J connectivity index is 4.51. The number of amides is 2. The molecular weight excluding hydrogens is 180 g/mol. The van der Waals surface area contributed by atoms with Crippen LogP contribution < -0.4 is 5.73 Å². The predicted octanol–water partition coefficient (Wildman–Crippen LogP) is -1.08. The van der Waals surface area contributed by atoms with Gasteiger partial charge < -0.3 is 15.9 Å². The molecule has 0 aliphatic carbocycles. The molecule has 74 valence electrons. The van der Waals surface area contributed by atoms with Crippen LogP contribution in [-0.2, 0) is 9.59 Å². The standard InChI is InChI=1S/C6H10N2O5/c1-8(6(12)13)3(5(10)11)2-4(7)9/h3H,2H2,1H3,(H2,7,9)(H,10,11)(H,12,13)/t3-/m0/s1. The van der Waals surface area contributed by atoms with Crippen LogP contribution >= 0.6 is 0 Å². The summed E-state index contributed by atoms with van der Waals surface area (Å²) in [6.07, 6.45) is -1.95. The van der Waals surface area contributed by atoms with Crippen molar-refractivity contribution in [1.29, 1.82) is 0 Å². The Labute approximate surface area is 73.7 Å². The van der Waals surface area contributed by atoms with E-state index in [4.69, 9.17) is 15.9 Å². The van der Waals surface area contributed by atoms with Gasteiger partial charge in [0.05, 0.1) is 6.42 Å². The minimum Gasteiger partial charge on any atom is -0.480 e. The molecule has 0 aromatic heterocycles. The van der Waals surface area contributed by atoms with Gasteiger partial charge in [-0.25, -0.2) is 9.59 Å². The number of primary amides is 1. The van der Waals surface area contributed by atoms with Crippen molar-refractivity contribution in [2.45, 2.75) is 12.5 Å². The van der Waals surface area contributed by atoms with Gasteiger partial charge in [-0.05, 0) is 0 Å². The van der Waals surface area contributed by atoms with E-state index in [0.717, 1.165) is 7.05 Å². The highest BCUT2D eigenvalue weighted by Gasteiger charge is 2.27. The second-order valence-corrected chi connectivity index (χ2v) is 2.42. The lowest BCUT2D eigenvalue weighted by atomic mass is 10.2. The zero-order chi connectivity index (χ0) is 10.6. The largest absolute Gasteiger partial charge is 0.480 e. The van der Waals surface area contributed by atoms with Crippen LogP contribution in [0.5, 0.6) is 0 Å². The van der Waals surface area contributed by atoms with E-state index in [-0.39, 0.29) is 0 Å². The Hall–Kier alpha value is -1.79. The molecule has 0 rings (SSSR count). The SMILES string of the molecule is CN(C(=O)O)[C@@H](CC(N)=O)C(=O)O. The molecule has 2 amide bonds. The van der Waals surface area contributed by atoms with Crippen LogP contribution in [-0.4, -0.2) is 46.2 Å². The van der Waals surface area contributed by atoms with E-state index in [2.05, 4.69) is 0 Å². The van der Waals surface area contributed by atoms with Crippen molar-refractivity contribution in [3.8, 4) is 0 Å². The van der Waals surface area contributed by atoms with Gasteiger partial charge in [0.2, 0.25) is 5.91 Å². The Bertz CT molecular complexity index is 239. The number of hydrogen-bond donors (Lipinski definition) is 3. The fourth-order valence-corrected chi connectivity index (χ4v) is 0.714. The van der Waals surface area contributed by atoms with Gasteiger partial charge in [-0.1, -0.05) is 0 Å². The summed E-state index contributed by atoms with van der Waals surface area (Å²) in [5.41, 5.74) is 4.75. The van der Waals surface area contributed by atoms with E-state index in [1.807, 2.05) is 0 Å². The fraction of sp³-hybridized carbons (Fsp3) is 0.500. The molecule has 0 saturated heterocycles. The molecule has 13 heavy (non-hydrogen) atoms. The van der Waals surface area contributed by atoms with Gasteiger partial charge in [0, 0.05) is 7.05 Å². The number of hydrogen-bond acceptors (Lipinski definition) is 3. The summed E-state index contributed by atoms with van der Waals surface area (Å²) in [5.74, 6) is -2.26. The zero-order valence-electron chi connectivity index (χ0n) is 6.93. The van der Waals surface area contributed by atoms with Crippen molar-refractivity contribution in [3.63, 3.8) is 0 Å². The van der Waals surface area contributed by atoms with Crippen molar-refractivity contribution < 1.29 is 24.6 Å². The number of aliphatic carboxylic acids is 1. The smallest absolute Gasteiger partial charge is 0.407 e. The first-order valence-corrected chi connectivity index (χ1v) is 3.33. The predicted molar refractivity (Wildman–Crippen MR) is 41.0 cm³/mol. The molecule has 0 unspecified atom stereocenters. The first kappa shape index (κ1) is 11.2. The van der Waals surface area contributed by atoms with Crippen LogP contribution in [0.1, 0.15) is 6.42 Å². The van der Waals surface area contributed by atoms with E-state index < -0.39 is 30.4 Å². The molecule has 0 heterocycles. The lowest BCUT2D eigenvalue weighted by molar-refractivity contribution is -0.144. The number of rotatable bonds is 4. The van der Waals surface area contributed by atoms with Crippen LogP contribution in [0, 0.1) is 0 Å². The summed E-state index contributed by atoms with van der Waals surface area (Å²) in [6.45, 7) is 0. The topological polar surface area (TPSA) is 121 Å². The number of nitrogens with zero attached hydrogens (tertiary/aromatic N) is 1. The number of likely N-dealkylation sites (N-methyl/N-ethyl adjacent to an activating group) is 1. The molecule has 0 spiro atoms. The fourth-order valence-electron chi connectivity index (χ4n) is 0.714. The third-order valence-electron chi connectivity index (χ3n) is 1.45. The van der Waals surface area contributed by atoms with Crippen molar-refractivity contribution >= 4 is 18.0 Å². The minimum absolute atomic E-state index is 0.521. The van der Waals surface area contributed by atoms with Crippen LogP contribution in [0.4, 0.5) is 4.79 Å². The molecule has 0 aromatic carbocycles. The molecular formula is C6H10N2O5. The summed E-state index contributed by atoms with van der Waals surface area (Å²) < 4.78 is 0. The maximum atomic E-state index is 10.5. The average molecular weight is 190 g/mol. The highest BCUT2D eigenvalue weighted by atomic mass is 16.4. The molecule has 7 nitrogen and oxygen atoms in total. The highest BCUT2D eigenvalue weighted by molar-refractivity contribution is 5.85. The number of nitrogens with two attached hydrogens (primary N) is 1. The number of carboxylic acids is 1. The first-order chi connectivity index (χ1) is 5.86. The molecule has 0 fully saturated rings. The number of carboxylic acid groups (broad SMARTS) is 2. The van der Waals surface area contributed by atoms with Gasteiger partial charge >= 0.3 is 12.1 Å². The summed E-state index contributed by atoms with van der Waals surface area (Å²) in [6, 6.07) is -1.42.